The molecule has 0 aliphatic carbocycles. The van der Waals surface area contributed by atoms with E-state index in [1.807, 2.05) is 19.3 Å². The average Bonchev–Trinajstić information content (AvgIpc) is 2.93. The van der Waals surface area contributed by atoms with Gasteiger partial charge in [-0.25, -0.2) is 0 Å². The lowest BCUT2D eigenvalue weighted by Gasteiger charge is -2.25. The second-order valence-electron chi connectivity index (χ2n) is 5.71. The number of carbonyl (C=O) groups excluding carboxylic acids is 2. The minimum atomic E-state index is -0.442. The highest BCUT2D eigenvalue weighted by molar-refractivity contribution is 8.01. The third-order valence-electron chi connectivity index (χ3n) is 3.73. The van der Waals surface area contributed by atoms with Gasteiger partial charge in [0.1, 0.15) is 0 Å². The molecule has 1 unspecified atom stereocenters. The van der Waals surface area contributed by atoms with Gasteiger partial charge in [-0.15, -0.1) is 11.8 Å². The zero-order chi connectivity index (χ0) is 17.3. The molecule has 1 aliphatic rings. The van der Waals surface area contributed by atoms with Crippen LogP contribution in [0.4, 0.5) is 5.69 Å². The summed E-state index contributed by atoms with van der Waals surface area (Å²) in [6.07, 6.45) is 3.74. The molecule has 2 heterocycles. The van der Waals surface area contributed by atoms with Crippen molar-refractivity contribution in [2.45, 2.75) is 23.1 Å². The van der Waals surface area contributed by atoms with Crippen LogP contribution in [0.1, 0.15) is 12.0 Å². The maximum atomic E-state index is 12.4. The van der Waals surface area contributed by atoms with Gasteiger partial charge in [-0.05, 0) is 18.2 Å². The zero-order valence-electron chi connectivity index (χ0n) is 13.3. The molecule has 8 heteroatoms. The number of nitrogens with zero attached hydrogens (tertiary/aromatic N) is 3. The van der Waals surface area contributed by atoms with E-state index in [0.29, 0.717) is 17.3 Å². The van der Waals surface area contributed by atoms with Crippen molar-refractivity contribution in [2.24, 2.45) is 7.05 Å². The molecule has 3 rings (SSSR count). The van der Waals surface area contributed by atoms with Crippen LogP contribution in [0.5, 0.6) is 0 Å². The van der Waals surface area contributed by atoms with Crippen LogP contribution in [0, 0.1) is 0 Å². The molecule has 1 aromatic carbocycles. The van der Waals surface area contributed by atoms with Crippen LogP contribution in [-0.2, 0) is 23.2 Å². The topological polar surface area (TPSA) is 67.2 Å². The quantitative estimate of drug-likeness (QED) is 0.905. The van der Waals surface area contributed by atoms with Gasteiger partial charge < -0.3 is 10.2 Å². The van der Waals surface area contributed by atoms with Gasteiger partial charge in [0.25, 0.3) is 0 Å². The van der Waals surface area contributed by atoms with Gasteiger partial charge in [0.15, 0.2) is 0 Å². The number of rotatable bonds is 4. The minimum absolute atomic E-state index is 0.0797. The van der Waals surface area contributed by atoms with E-state index in [2.05, 4.69) is 10.4 Å². The summed E-state index contributed by atoms with van der Waals surface area (Å²) in [6.45, 7) is 0.470. The molecule has 2 aromatic rings. The Bertz CT molecular complexity index is 792. The Balaban J connectivity index is 1.63. The predicted molar refractivity (Wildman–Crippen MR) is 94.0 cm³/mol. The van der Waals surface area contributed by atoms with Crippen LogP contribution in [-0.4, -0.2) is 38.8 Å². The monoisotopic (exact) mass is 364 g/mol. The first-order chi connectivity index (χ1) is 11.4. The van der Waals surface area contributed by atoms with E-state index in [0.717, 1.165) is 10.5 Å². The fraction of sp³-hybridized carbons (Fsp3) is 0.312. The highest BCUT2D eigenvalue weighted by Crippen LogP contribution is 2.38. The number of benzene rings is 1. The van der Waals surface area contributed by atoms with Crippen molar-refractivity contribution in [3.8, 4) is 0 Å². The molecule has 0 radical (unpaired) electrons. The van der Waals surface area contributed by atoms with Gasteiger partial charge in [-0.3, -0.25) is 14.3 Å². The van der Waals surface area contributed by atoms with Crippen molar-refractivity contribution in [3.05, 3.63) is 41.2 Å². The van der Waals surface area contributed by atoms with E-state index in [-0.39, 0.29) is 18.2 Å². The van der Waals surface area contributed by atoms with Crippen LogP contribution in [0.3, 0.4) is 0 Å². The van der Waals surface area contributed by atoms with Crippen LogP contribution in [0.2, 0.25) is 5.02 Å². The number of anilines is 1. The molecule has 6 nitrogen and oxygen atoms in total. The van der Waals surface area contributed by atoms with Crippen LogP contribution < -0.4 is 5.32 Å². The maximum Gasteiger partial charge on any atom is 0.238 e. The summed E-state index contributed by atoms with van der Waals surface area (Å²) < 4.78 is 1.69. The summed E-state index contributed by atoms with van der Waals surface area (Å²) in [4.78, 5) is 27.2. The van der Waals surface area contributed by atoms with E-state index in [9.17, 15) is 9.59 Å². The van der Waals surface area contributed by atoms with E-state index in [1.54, 1.807) is 35.0 Å². The fourth-order valence-corrected chi connectivity index (χ4v) is 3.74. The van der Waals surface area contributed by atoms with Crippen molar-refractivity contribution in [3.63, 3.8) is 0 Å². The number of nitrogens with one attached hydrogen (secondary N) is 1. The Morgan fingerprint density at radius 3 is 3.00 bits per heavy atom. The van der Waals surface area contributed by atoms with Crippen LogP contribution in [0.15, 0.2) is 35.5 Å². The smallest absolute Gasteiger partial charge is 0.238 e. The number of hydrogen-bond acceptors (Lipinski definition) is 4. The SMILES string of the molecule is CN(Cc1cnn(C)c1)C(=O)CC1Sc2ccc(Cl)cc2NC1=O. The lowest BCUT2D eigenvalue weighted by molar-refractivity contribution is -0.131. The van der Waals surface area contributed by atoms with Crippen LogP contribution >= 0.6 is 23.4 Å². The number of thioether (sulfide) groups is 1. The molecule has 0 saturated carbocycles. The van der Waals surface area contributed by atoms with E-state index >= 15 is 0 Å². The summed E-state index contributed by atoms with van der Waals surface area (Å²) in [6, 6.07) is 5.35. The second-order valence-corrected chi connectivity index (χ2v) is 7.39. The Morgan fingerprint density at radius 2 is 2.29 bits per heavy atom. The van der Waals surface area contributed by atoms with Crippen molar-refractivity contribution in [1.29, 1.82) is 0 Å². The Hall–Kier alpha value is -1.99. The summed E-state index contributed by atoms with van der Waals surface area (Å²) in [7, 11) is 3.56. The van der Waals surface area contributed by atoms with Crippen LogP contribution in [0.25, 0.3) is 0 Å². The first kappa shape index (κ1) is 16.9. The molecule has 126 valence electrons. The molecule has 1 N–H and O–H groups in total. The summed E-state index contributed by atoms with van der Waals surface area (Å²) in [5.74, 6) is -0.248. The van der Waals surface area contributed by atoms with Gasteiger partial charge in [0, 0.05) is 48.7 Å². The number of aryl methyl sites for hydroxylation is 1. The zero-order valence-corrected chi connectivity index (χ0v) is 14.9. The van der Waals surface area contributed by atoms with Gasteiger partial charge >= 0.3 is 0 Å². The summed E-state index contributed by atoms with van der Waals surface area (Å²) >= 11 is 7.33. The van der Waals surface area contributed by atoms with Gasteiger partial charge in [-0.2, -0.15) is 5.10 Å². The highest BCUT2D eigenvalue weighted by atomic mass is 35.5. The standard InChI is InChI=1S/C16H17ClN4O2S/c1-20(8-10-7-18-21(2)9-10)15(22)6-14-16(23)19-12-5-11(17)3-4-13(12)24-14/h3-5,7,9,14H,6,8H2,1-2H3,(H,19,23). The molecular weight excluding hydrogens is 348 g/mol. The highest BCUT2D eigenvalue weighted by Gasteiger charge is 2.30. The van der Waals surface area contributed by atoms with Crippen molar-refractivity contribution in [2.75, 3.05) is 12.4 Å². The van der Waals surface area contributed by atoms with Gasteiger partial charge in [0.05, 0.1) is 17.1 Å². The summed E-state index contributed by atoms with van der Waals surface area (Å²) in [5.41, 5.74) is 1.65. The van der Waals surface area contributed by atoms with E-state index < -0.39 is 5.25 Å². The summed E-state index contributed by atoms with van der Waals surface area (Å²) in [5, 5.41) is 7.04. The molecule has 0 saturated heterocycles. The molecule has 0 fully saturated rings. The molecule has 1 aliphatic heterocycles. The number of halogens is 1. The third kappa shape index (κ3) is 3.73. The molecule has 24 heavy (non-hydrogen) atoms. The largest absolute Gasteiger partial charge is 0.341 e. The lowest BCUT2D eigenvalue weighted by Crippen LogP contribution is -2.35. The number of carbonyl (C=O) groups is 2. The van der Waals surface area contributed by atoms with Crippen molar-refractivity contribution < 1.29 is 9.59 Å². The number of aromatic nitrogens is 2. The fourth-order valence-electron chi connectivity index (χ4n) is 2.49. The molecule has 1 atom stereocenters. The third-order valence-corrected chi connectivity index (χ3v) is 5.24. The first-order valence-electron chi connectivity index (χ1n) is 7.41. The van der Waals surface area contributed by atoms with Crippen molar-refractivity contribution in [1.82, 2.24) is 14.7 Å². The maximum absolute atomic E-state index is 12.4. The predicted octanol–water partition coefficient (Wildman–Crippen LogP) is 2.54. The lowest BCUT2D eigenvalue weighted by atomic mass is 10.2. The Kier molecular flexibility index (Phi) is 4.82. The molecule has 2 amide bonds. The van der Waals surface area contributed by atoms with E-state index in [1.165, 1.54) is 11.8 Å². The number of amides is 2. The van der Waals surface area contributed by atoms with Crippen molar-refractivity contribution >= 4 is 40.9 Å². The van der Waals surface area contributed by atoms with Gasteiger partial charge in [0.2, 0.25) is 11.8 Å². The molecule has 0 spiro atoms. The average molecular weight is 365 g/mol. The molecule has 1 aromatic heterocycles. The molecule has 0 bridgehead atoms. The minimum Gasteiger partial charge on any atom is -0.341 e. The normalized spacial score (nSPS) is 16.5. The molecular formula is C16H17ClN4O2S. The second kappa shape index (κ2) is 6.86. The first-order valence-corrected chi connectivity index (χ1v) is 8.66. The Labute approximate surface area is 149 Å². The van der Waals surface area contributed by atoms with Gasteiger partial charge in [-0.1, -0.05) is 11.6 Å². The number of fused-ring (bicyclic) bond motifs is 1. The number of hydrogen-bond donors (Lipinski definition) is 1. The van der Waals surface area contributed by atoms with E-state index in [4.69, 9.17) is 11.6 Å². The Morgan fingerprint density at radius 1 is 1.50 bits per heavy atom.